The number of nitrogens with zero attached hydrogens (tertiary/aromatic N) is 1. The van der Waals surface area contributed by atoms with Crippen LogP contribution in [0, 0.1) is 0 Å². The van der Waals surface area contributed by atoms with Gasteiger partial charge in [-0.05, 0) is 139 Å². The van der Waals surface area contributed by atoms with Crippen molar-refractivity contribution in [1.82, 2.24) is 4.57 Å². The molecule has 0 N–H and O–H groups in total. The molecule has 0 spiro atoms. The number of aromatic nitrogens is 1. The highest BCUT2D eigenvalue weighted by Crippen LogP contribution is 2.44. The lowest BCUT2D eigenvalue weighted by Gasteiger charge is -2.34. The van der Waals surface area contributed by atoms with Crippen LogP contribution in [0.2, 0.25) is 0 Å². The lowest BCUT2D eigenvalue weighted by molar-refractivity contribution is 0.464. The van der Waals surface area contributed by atoms with Crippen LogP contribution in [-0.4, -0.2) is 11.3 Å². The van der Waals surface area contributed by atoms with Crippen LogP contribution in [0.5, 0.6) is 23.0 Å². The standard InChI is InChI=1S/C55H58BNO2/c1-52(2,3)36-18-16-32(17-19-36)35-24-49-51-50(25-35)59-48-31-46-42(30-44(48)56(51)43-29-37(53(4,5)6)20-21-47(43)58-49)41-22-33-14-13-15-34(33)23-45(41)57(46)40-27-38(54(7,8)9)26-39(28-40)55(10,11)12/h16-31H,13-15H2,1-12H3. The lowest BCUT2D eigenvalue weighted by atomic mass is 9.34. The summed E-state index contributed by atoms with van der Waals surface area (Å²) in [5, 5.41) is 2.59. The van der Waals surface area contributed by atoms with Gasteiger partial charge < -0.3 is 14.0 Å². The van der Waals surface area contributed by atoms with Gasteiger partial charge in [-0.15, -0.1) is 0 Å². The first-order valence-corrected chi connectivity index (χ1v) is 21.8. The minimum absolute atomic E-state index is 0.00711. The van der Waals surface area contributed by atoms with Crippen molar-refractivity contribution in [3.05, 3.63) is 130 Å². The summed E-state index contributed by atoms with van der Waals surface area (Å²) < 4.78 is 16.7. The van der Waals surface area contributed by atoms with E-state index in [2.05, 4.69) is 185 Å². The molecule has 1 aromatic heterocycles. The van der Waals surface area contributed by atoms with Crippen LogP contribution >= 0.6 is 0 Å². The molecule has 0 saturated heterocycles. The smallest absolute Gasteiger partial charge is 0.260 e. The fourth-order valence-electron chi connectivity index (χ4n) is 9.76. The summed E-state index contributed by atoms with van der Waals surface area (Å²) in [5.74, 6) is 3.57. The molecule has 3 aliphatic rings. The molecule has 7 aromatic rings. The molecule has 0 radical (unpaired) electrons. The summed E-state index contributed by atoms with van der Waals surface area (Å²) in [4.78, 5) is 0. The first-order valence-electron chi connectivity index (χ1n) is 21.8. The molecule has 0 unspecified atom stereocenters. The Bertz CT molecular complexity index is 2850. The molecule has 2 aliphatic heterocycles. The van der Waals surface area contributed by atoms with Crippen molar-refractivity contribution < 1.29 is 9.47 Å². The zero-order chi connectivity index (χ0) is 41.6. The summed E-state index contributed by atoms with van der Waals surface area (Å²) in [6, 6.07) is 37.4. The van der Waals surface area contributed by atoms with Crippen molar-refractivity contribution in [2.45, 2.75) is 124 Å². The van der Waals surface area contributed by atoms with E-state index >= 15 is 0 Å². The second-order valence-electron chi connectivity index (χ2n) is 21.9. The van der Waals surface area contributed by atoms with Crippen LogP contribution < -0.4 is 25.9 Å². The Labute approximate surface area is 351 Å². The SMILES string of the molecule is CC(C)(C)c1ccc(-c2cc3c4c(c2)Oc2cc5c(cc2B4c2cc(C(C)(C)C)ccc2O3)c2cc3c(cc2n5-c2cc(C(C)(C)C)cc(C(C)(C)C)c2)CCC3)cc1. The van der Waals surface area contributed by atoms with Crippen molar-refractivity contribution in [1.29, 1.82) is 0 Å². The van der Waals surface area contributed by atoms with E-state index in [1.54, 1.807) is 0 Å². The highest BCUT2D eigenvalue weighted by molar-refractivity contribution is 6.98. The zero-order valence-corrected chi connectivity index (χ0v) is 37.2. The molecule has 4 heteroatoms. The number of benzene rings is 6. The molecule has 0 amide bonds. The topological polar surface area (TPSA) is 23.4 Å². The van der Waals surface area contributed by atoms with Gasteiger partial charge in [0.2, 0.25) is 0 Å². The fourth-order valence-corrected chi connectivity index (χ4v) is 9.76. The van der Waals surface area contributed by atoms with E-state index in [1.165, 1.54) is 78.2 Å². The second-order valence-corrected chi connectivity index (χ2v) is 21.9. The molecule has 59 heavy (non-hydrogen) atoms. The molecule has 0 atom stereocenters. The third-order valence-electron chi connectivity index (χ3n) is 13.4. The molecular formula is C55H58BNO2. The van der Waals surface area contributed by atoms with Gasteiger partial charge >= 0.3 is 0 Å². The number of rotatable bonds is 2. The lowest BCUT2D eigenvalue weighted by Crippen LogP contribution is -2.57. The minimum Gasteiger partial charge on any atom is -0.458 e. The normalized spacial score (nSPS) is 14.8. The molecule has 3 heterocycles. The number of hydrogen-bond acceptors (Lipinski definition) is 2. The van der Waals surface area contributed by atoms with Gasteiger partial charge in [-0.25, -0.2) is 0 Å². The fraction of sp³-hybridized carbons (Fsp3) is 0.345. The van der Waals surface area contributed by atoms with Crippen LogP contribution in [0.3, 0.4) is 0 Å². The number of aryl methyl sites for hydroxylation is 2. The predicted molar refractivity (Wildman–Crippen MR) is 251 cm³/mol. The monoisotopic (exact) mass is 775 g/mol. The third-order valence-corrected chi connectivity index (χ3v) is 13.4. The Morgan fingerprint density at radius 2 is 0.966 bits per heavy atom. The Hall–Kier alpha value is -5.22. The molecule has 0 bridgehead atoms. The van der Waals surface area contributed by atoms with Crippen LogP contribution in [0.15, 0.2) is 97.1 Å². The summed E-state index contributed by atoms with van der Waals surface area (Å²) in [5.41, 5.74) is 17.8. The van der Waals surface area contributed by atoms with Crippen LogP contribution in [0.1, 0.15) is 123 Å². The van der Waals surface area contributed by atoms with Gasteiger partial charge in [0.05, 0.1) is 11.0 Å². The average Bonchev–Trinajstić information content (AvgIpc) is 3.75. The minimum atomic E-state index is -0.0407. The molecule has 298 valence electrons. The van der Waals surface area contributed by atoms with Crippen LogP contribution in [0.25, 0.3) is 38.6 Å². The van der Waals surface area contributed by atoms with Crippen molar-refractivity contribution in [2.75, 3.05) is 0 Å². The Morgan fingerprint density at radius 3 is 1.58 bits per heavy atom. The summed E-state index contributed by atoms with van der Waals surface area (Å²) in [6.07, 6.45) is 3.49. The van der Waals surface area contributed by atoms with Gasteiger partial charge in [0, 0.05) is 28.0 Å². The zero-order valence-electron chi connectivity index (χ0n) is 37.2. The number of ether oxygens (including phenoxy) is 2. The highest BCUT2D eigenvalue weighted by atomic mass is 16.5. The largest absolute Gasteiger partial charge is 0.458 e. The van der Waals surface area contributed by atoms with Gasteiger partial charge in [0.25, 0.3) is 6.71 Å². The van der Waals surface area contributed by atoms with Gasteiger partial charge in [0.1, 0.15) is 23.0 Å². The van der Waals surface area contributed by atoms with Crippen molar-refractivity contribution in [3.63, 3.8) is 0 Å². The molecule has 3 nitrogen and oxygen atoms in total. The van der Waals surface area contributed by atoms with Crippen molar-refractivity contribution in [2.24, 2.45) is 0 Å². The summed E-state index contributed by atoms with van der Waals surface area (Å²) >= 11 is 0. The van der Waals surface area contributed by atoms with Gasteiger partial charge in [-0.1, -0.05) is 132 Å². The van der Waals surface area contributed by atoms with Gasteiger partial charge in [-0.2, -0.15) is 0 Å². The van der Waals surface area contributed by atoms with Gasteiger partial charge in [-0.3, -0.25) is 0 Å². The number of fused-ring (bicyclic) bond motifs is 8. The summed E-state index contributed by atoms with van der Waals surface area (Å²) in [7, 11) is 0. The van der Waals surface area contributed by atoms with Crippen molar-refractivity contribution >= 4 is 44.9 Å². The Balaban J connectivity index is 1.25. The van der Waals surface area contributed by atoms with Crippen LogP contribution in [-0.2, 0) is 34.5 Å². The first kappa shape index (κ1) is 38.0. The van der Waals surface area contributed by atoms with E-state index in [4.69, 9.17) is 9.47 Å². The summed E-state index contributed by atoms with van der Waals surface area (Å²) in [6.45, 7) is 27.6. The quantitative estimate of drug-likeness (QED) is 0.163. The Morgan fingerprint density at radius 1 is 0.441 bits per heavy atom. The molecular weight excluding hydrogens is 717 g/mol. The maximum absolute atomic E-state index is 7.21. The highest BCUT2D eigenvalue weighted by Gasteiger charge is 2.42. The molecule has 1 aliphatic carbocycles. The van der Waals surface area contributed by atoms with E-state index in [1.807, 2.05) is 0 Å². The van der Waals surface area contributed by atoms with E-state index in [0.29, 0.717) is 0 Å². The van der Waals surface area contributed by atoms with E-state index in [9.17, 15) is 0 Å². The number of hydrogen-bond donors (Lipinski definition) is 0. The first-order chi connectivity index (χ1) is 27.7. The molecule has 6 aromatic carbocycles. The maximum atomic E-state index is 7.21. The van der Waals surface area contributed by atoms with Crippen molar-refractivity contribution in [3.8, 4) is 39.8 Å². The van der Waals surface area contributed by atoms with Crippen LogP contribution in [0.4, 0.5) is 0 Å². The van der Waals surface area contributed by atoms with E-state index in [0.717, 1.165) is 52.4 Å². The third kappa shape index (κ3) is 6.23. The van der Waals surface area contributed by atoms with Gasteiger partial charge in [0.15, 0.2) is 0 Å². The maximum Gasteiger partial charge on any atom is 0.260 e. The average molecular weight is 776 g/mol. The molecule has 0 fully saturated rings. The second kappa shape index (κ2) is 12.6. The Kier molecular flexibility index (Phi) is 8.15. The van der Waals surface area contributed by atoms with E-state index in [-0.39, 0.29) is 28.4 Å². The molecule has 0 saturated carbocycles. The van der Waals surface area contributed by atoms with E-state index < -0.39 is 0 Å². The predicted octanol–water partition coefficient (Wildman–Crippen LogP) is 12.9. The molecule has 10 rings (SSSR count).